The second kappa shape index (κ2) is 8.33. The fraction of sp³-hybridized carbons (Fsp3) is 1.00. The smallest absolute Gasteiger partial charge is 0.250 e. The predicted molar refractivity (Wildman–Crippen MR) is 60.5 cm³/mol. The number of rotatable bonds is 8. The maximum Gasteiger partial charge on any atom is 0.250 e. The van der Waals surface area contributed by atoms with Crippen molar-refractivity contribution in [2.24, 2.45) is 0 Å². The average Bonchev–Trinajstić information content (AvgIpc) is 2.01. The molecule has 0 aromatic carbocycles. The van der Waals surface area contributed by atoms with Gasteiger partial charge in [0, 0.05) is 12.5 Å². The lowest BCUT2D eigenvalue weighted by atomic mass is 10.7. The molecule has 0 radical (unpaired) electrons. The van der Waals surface area contributed by atoms with Crippen molar-refractivity contribution in [2.45, 2.75) is 12.6 Å². The molecular weight excluding hydrogens is 251 g/mol. The number of ether oxygens (including phenoxy) is 2. The minimum Gasteiger partial charge on any atom is -0.379 e. The largest absolute Gasteiger partial charge is 0.379 e. The van der Waals surface area contributed by atoms with Crippen LogP contribution in [0.5, 0.6) is 0 Å². The molecule has 0 atom stereocenters. The monoisotopic (exact) mass is 264 g/mol. The molecule has 0 fully saturated rings. The maximum absolute atomic E-state index is 5.87. The van der Waals surface area contributed by atoms with Crippen LogP contribution < -0.4 is 0 Å². The standard InChI is InChI=1S/C7H15Cl3O2Si/c1-13(9,10)7-6-12-5-4-11-3-2-8/h2-7H2,1H3. The summed E-state index contributed by atoms with van der Waals surface area (Å²) in [6, 6.07) is 0.756. The van der Waals surface area contributed by atoms with Crippen LogP contribution in [0.3, 0.4) is 0 Å². The molecule has 0 aliphatic heterocycles. The summed E-state index contributed by atoms with van der Waals surface area (Å²) in [5.74, 6) is 0.522. The molecule has 6 heteroatoms. The van der Waals surface area contributed by atoms with Crippen LogP contribution in [-0.4, -0.2) is 39.0 Å². The molecule has 0 aliphatic carbocycles. The zero-order valence-corrected chi connectivity index (χ0v) is 11.0. The highest BCUT2D eigenvalue weighted by atomic mass is 35.7. The van der Waals surface area contributed by atoms with E-state index in [1.54, 1.807) is 0 Å². The lowest BCUT2D eigenvalue weighted by molar-refractivity contribution is 0.0590. The van der Waals surface area contributed by atoms with Crippen molar-refractivity contribution in [2.75, 3.05) is 32.3 Å². The van der Waals surface area contributed by atoms with E-state index < -0.39 is 6.69 Å². The minimum atomic E-state index is -1.98. The SMILES string of the molecule is C[Si](Cl)(Cl)CCOCCOCCCl. The average molecular weight is 266 g/mol. The van der Waals surface area contributed by atoms with Crippen molar-refractivity contribution < 1.29 is 9.47 Å². The van der Waals surface area contributed by atoms with Gasteiger partial charge >= 0.3 is 0 Å². The van der Waals surface area contributed by atoms with Gasteiger partial charge in [-0.3, -0.25) is 0 Å². The van der Waals surface area contributed by atoms with Gasteiger partial charge in [0.25, 0.3) is 6.69 Å². The van der Waals surface area contributed by atoms with E-state index in [1.807, 2.05) is 6.55 Å². The normalized spacial score (nSPS) is 12.0. The van der Waals surface area contributed by atoms with Crippen LogP contribution in [0.1, 0.15) is 0 Å². The van der Waals surface area contributed by atoms with Crippen molar-refractivity contribution in [3.8, 4) is 0 Å². The molecule has 0 N–H and O–H groups in total. The van der Waals surface area contributed by atoms with Crippen molar-refractivity contribution in [1.29, 1.82) is 0 Å². The molecule has 0 aromatic heterocycles. The second-order valence-corrected chi connectivity index (χ2v) is 11.3. The molecule has 0 saturated heterocycles. The highest BCUT2D eigenvalue weighted by Gasteiger charge is 2.19. The maximum atomic E-state index is 5.87. The van der Waals surface area contributed by atoms with E-state index in [2.05, 4.69) is 0 Å². The molecule has 13 heavy (non-hydrogen) atoms. The number of hydrogen-bond acceptors (Lipinski definition) is 2. The number of alkyl halides is 1. The lowest BCUT2D eigenvalue weighted by Crippen LogP contribution is -2.16. The van der Waals surface area contributed by atoms with Crippen molar-refractivity contribution in [3.05, 3.63) is 0 Å². The van der Waals surface area contributed by atoms with Crippen LogP contribution in [-0.2, 0) is 9.47 Å². The van der Waals surface area contributed by atoms with Gasteiger partial charge in [-0.1, -0.05) is 0 Å². The van der Waals surface area contributed by atoms with Crippen LogP contribution >= 0.6 is 33.8 Å². The summed E-state index contributed by atoms with van der Waals surface area (Å²) in [5.41, 5.74) is 0. The highest BCUT2D eigenvalue weighted by molar-refractivity contribution is 7.44. The number of halogens is 3. The summed E-state index contributed by atoms with van der Waals surface area (Å²) in [5, 5.41) is 0. The Labute approximate surface area is 94.9 Å². The van der Waals surface area contributed by atoms with Gasteiger partial charge in [0.2, 0.25) is 0 Å². The predicted octanol–water partition coefficient (Wildman–Crippen LogP) is 2.81. The fourth-order valence-corrected chi connectivity index (χ4v) is 1.70. The Morgan fingerprint density at radius 3 is 2.00 bits per heavy atom. The van der Waals surface area contributed by atoms with E-state index in [4.69, 9.17) is 43.2 Å². The van der Waals surface area contributed by atoms with Crippen LogP contribution in [0.25, 0.3) is 0 Å². The van der Waals surface area contributed by atoms with E-state index >= 15 is 0 Å². The third kappa shape index (κ3) is 13.0. The van der Waals surface area contributed by atoms with Crippen molar-refractivity contribution in [3.63, 3.8) is 0 Å². The van der Waals surface area contributed by atoms with Gasteiger partial charge in [-0.2, -0.15) is 0 Å². The molecular formula is C7H15Cl3O2Si. The van der Waals surface area contributed by atoms with Gasteiger partial charge in [-0.15, -0.1) is 33.8 Å². The summed E-state index contributed by atoms with van der Waals surface area (Å²) in [4.78, 5) is 0. The Morgan fingerprint density at radius 1 is 1.00 bits per heavy atom. The molecule has 0 aromatic rings. The first kappa shape index (κ1) is 14.0. The van der Waals surface area contributed by atoms with E-state index in [1.165, 1.54) is 0 Å². The van der Waals surface area contributed by atoms with Crippen LogP contribution in [0.2, 0.25) is 12.6 Å². The van der Waals surface area contributed by atoms with E-state index in [9.17, 15) is 0 Å². The topological polar surface area (TPSA) is 18.5 Å². The van der Waals surface area contributed by atoms with E-state index in [-0.39, 0.29) is 0 Å². The summed E-state index contributed by atoms with van der Waals surface area (Å²) in [6.45, 7) is 2.24. The van der Waals surface area contributed by atoms with Gasteiger partial charge in [0.15, 0.2) is 0 Å². The molecule has 0 rings (SSSR count). The first-order valence-electron chi connectivity index (χ1n) is 4.15. The lowest BCUT2D eigenvalue weighted by Gasteiger charge is -2.10. The quantitative estimate of drug-likeness (QED) is 0.291. The van der Waals surface area contributed by atoms with E-state index in [0.29, 0.717) is 32.3 Å². The van der Waals surface area contributed by atoms with Crippen LogP contribution in [0.4, 0.5) is 0 Å². The third-order valence-corrected chi connectivity index (χ3v) is 3.65. The Bertz CT molecular complexity index is 119. The number of hydrogen-bond donors (Lipinski definition) is 0. The molecule has 0 amide bonds. The van der Waals surface area contributed by atoms with Crippen molar-refractivity contribution in [1.82, 2.24) is 0 Å². The third-order valence-electron chi connectivity index (χ3n) is 1.28. The zero-order valence-electron chi connectivity index (χ0n) is 7.69. The molecule has 2 nitrogen and oxygen atoms in total. The van der Waals surface area contributed by atoms with Crippen molar-refractivity contribution >= 4 is 40.5 Å². The molecule has 80 valence electrons. The molecule has 0 spiro atoms. The highest BCUT2D eigenvalue weighted by Crippen LogP contribution is 2.18. The van der Waals surface area contributed by atoms with Crippen LogP contribution in [0.15, 0.2) is 0 Å². The Hall–Kier alpha value is 1.01. The van der Waals surface area contributed by atoms with Gasteiger partial charge in [-0.25, -0.2) is 0 Å². The van der Waals surface area contributed by atoms with Gasteiger partial charge in [-0.05, 0) is 12.6 Å². The summed E-state index contributed by atoms with van der Waals surface area (Å²) in [6.07, 6.45) is 0. The molecule has 0 bridgehead atoms. The molecule has 0 aliphatic rings. The Morgan fingerprint density at radius 2 is 1.54 bits per heavy atom. The van der Waals surface area contributed by atoms with Gasteiger partial charge < -0.3 is 9.47 Å². The first-order chi connectivity index (χ1) is 6.06. The van der Waals surface area contributed by atoms with E-state index in [0.717, 1.165) is 6.04 Å². The molecule has 0 unspecified atom stereocenters. The Balaban J connectivity index is 3.00. The Kier molecular flexibility index (Phi) is 8.97. The van der Waals surface area contributed by atoms with Gasteiger partial charge in [0.1, 0.15) is 0 Å². The van der Waals surface area contributed by atoms with Crippen LogP contribution in [0, 0.1) is 0 Å². The summed E-state index contributed by atoms with van der Waals surface area (Å²) >= 11 is 17.1. The minimum absolute atomic E-state index is 0.522. The summed E-state index contributed by atoms with van der Waals surface area (Å²) in [7, 11) is 0. The molecule has 0 heterocycles. The molecule has 0 saturated carbocycles. The zero-order chi connectivity index (χ0) is 10.2. The summed E-state index contributed by atoms with van der Waals surface area (Å²) < 4.78 is 10.4. The second-order valence-electron chi connectivity index (χ2n) is 2.73. The first-order valence-corrected chi connectivity index (χ1v) is 9.42. The van der Waals surface area contributed by atoms with Gasteiger partial charge in [0.05, 0.1) is 19.8 Å². The fourth-order valence-electron chi connectivity index (χ4n) is 0.628.